The van der Waals surface area contributed by atoms with Crippen LogP contribution in [0.2, 0.25) is 10.0 Å². The molecule has 3 rings (SSSR count). The Morgan fingerprint density at radius 3 is 2.43 bits per heavy atom. The molecule has 8 nitrogen and oxygen atoms in total. The molecule has 0 aliphatic carbocycles. The van der Waals surface area contributed by atoms with Gasteiger partial charge in [0.15, 0.2) is 12.4 Å². The Bertz CT molecular complexity index is 1130. The van der Waals surface area contributed by atoms with Crippen molar-refractivity contribution in [3.63, 3.8) is 0 Å². The first-order valence-corrected chi connectivity index (χ1v) is 13.2. The van der Waals surface area contributed by atoms with E-state index in [-0.39, 0.29) is 39.7 Å². The molecule has 0 spiro atoms. The highest BCUT2D eigenvalue weighted by Crippen LogP contribution is 2.51. The summed E-state index contributed by atoms with van der Waals surface area (Å²) in [4.78, 5) is 24.5. The summed E-state index contributed by atoms with van der Waals surface area (Å²) in [6.07, 6.45) is 1.73. The maximum absolute atomic E-state index is 12.3. The summed E-state index contributed by atoms with van der Waals surface area (Å²) in [5.41, 5.74) is 1.59. The van der Waals surface area contributed by atoms with Crippen LogP contribution in [-0.4, -0.2) is 38.1 Å². The number of allylic oxidation sites excluding steroid dienone is 1. The molecule has 11 heteroatoms. The number of hydrogen-bond acceptors (Lipinski definition) is 7. The molecule has 0 unspecified atom stereocenters. The van der Waals surface area contributed by atoms with Gasteiger partial charge in [0.05, 0.1) is 18.2 Å². The second-order valence-electron chi connectivity index (χ2n) is 7.62. The van der Waals surface area contributed by atoms with Crippen molar-refractivity contribution in [3.8, 4) is 11.5 Å². The highest BCUT2D eigenvalue weighted by molar-refractivity contribution is 7.49. The van der Waals surface area contributed by atoms with Gasteiger partial charge in [0, 0.05) is 12.1 Å². The highest BCUT2D eigenvalue weighted by atomic mass is 35.5. The van der Waals surface area contributed by atoms with Gasteiger partial charge in [-0.15, -0.1) is 0 Å². The van der Waals surface area contributed by atoms with E-state index in [1.165, 1.54) is 12.1 Å². The summed E-state index contributed by atoms with van der Waals surface area (Å²) >= 11 is 12.4. The van der Waals surface area contributed by atoms with Gasteiger partial charge < -0.3 is 14.6 Å². The molecule has 0 radical (unpaired) electrons. The largest absolute Gasteiger partial charge is 0.530 e. The Hall–Kier alpha value is -2.35. The second-order valence-corrected chi connectivity index (χ2v) is 9.97. The molecule has 1 N–H and O–H groups in total. The van der Waals surface area contributed by atoms with Crippen LogP contribution in [0.15, 0.2) is 48.6 Å². The third-order valence-corrected chi connectivity index (χ3v) is 7.36. The van der Waals surface area contributed by atoms with Crippen molar-refractivity contribution in [2.75, 3.05) is 26.4 Å². The van der Waals surface area contributed by atoms with Crippen LogP contribution in [0.4, 0.5) is 0 Å². The first-order chi connectivity index (χ1) is 16.7. The Kier molecular flexibility index (Phi) is 9.78. The molecule has 188 valence electrons. The molecular formula is C24H26Cl2NO7P. The fraction of sp³-hybridized carbons (Fsp3) is 0.333. The maximum Gasteiger partial charge on any atom is 0.530 e. The summed E-state index contributed by atoms with van der Waals surface area (Å²) < 4.78 is 33.3. The fourth-order valence-corrected chi connectivity index (χ4v) is 4.78. The summed E-state index contributed by atoms with van der Waals surface area (Å²) in [7, 11) is -3.55. The number of phosphoric ester groups is 1. The van der Waals surface area contributed by atoms with Gasteiger partial charge in [-0.2, -0.15) is 0 Å². The average molecular weight is 542 g/mol. The number of benzene rings is 2. The molecule has 0 saturated carbocycles. The molecule has 0 aromatic heterocycles. The monoisotopic (exact) mass is 541 g/mol. The van der Waals surface area contributed by atoms with Crippen molar-refractivity contribution in [2.24, 2.45) is 0 Å². The molecule has 2 aromatic rings. The highest BCUT2D eigenvalue weighted by Gasteiger charge is 2.31. The van der Waals surface area contributed by atoms with E-state index in [2.05, 4.69) is 11.9 Å². The Morgan fingerprint density at radius 1 is 1.09 bits per heavy atom. The number of carbonyl (C=O) groups excluding carboxylic acids is 2. The van der Waals surface area contributed by atoms with Crippen LogP contribution >= 0.6 is 31.0 Å². The molecule has 1 heterocycles. The van der Waals surface area contributed by atoms with E-state index in [1.807, 2.05) is 6.92 Å². The zero-order valence-corrected chi connectivity index (χ0v) is 21.6. The van der Waals surface area contributed by atoms with Crippen LogP contribution in [0.1, 0.15) is 35.7 Å². The molecule has 0 atom stereocenters. The minimum atomic E-state index is -3.55. The lowest BCUT2D eigenvalue weighted by molar-refractivity contribution is -0.123. The van der Waals surface area contributed by atoms with Gasteiger partial charge >= 0.3 is 7.82 Å². The standard InChI is InChI=1S/C24H26Cl2NO7P/c1-3-16(2)24(29)19-9-10-20(23(26)22(19)25)31-15-21(28)27-12-11-17-5-7-18(8-6-17)34-35(30)32-13-4-14-33-35/h5-10H,2-4,11-15H2,1H3,(H,27,28). The smallest absolute Gasteiger partial charge is 0.482 e. The van der Waals surface area contributed by atoms with Gasteiger partial charge in [-0.3, -0.25) is 18.6 Å². The van der Waals surface area contributed by atoms with Crippen molar-refractivity contribution in [1.29, 1.82) is 0 Å². The van der Waals surface area contributed by atoms with Gasteiger partial charge in [0.2, 0.25) is 0 Å². The van der Waals surface area contributed by atoms with Crippen molar-refractivity contribution >= 4 is 42.7 Å². The van der Waals surface area contributed by atoms with Gasteiger partial charge in [0.1, 0.15) is 16.5 Å². The SMILES string of the molecule is C=C(CC)C(=O)c1ccc(OCC(=O)NCCc2ccc(OP3(=O)OCCCO3)cc2)c(Cl)c1Cl. The summed E-state index contributed by atoms with van der Waals surface area (Å²) in [5, 5.41) is 2.87. The third kappa shape index (κ3) is 7.56. The quantitative estimate of drug-likeness (QED) is 0.218. The molecule has 1 fully saturated rings. The van der Waals surface area contributed by atoms with Crippen LogP contribution in [0.5, 0.6) is 11.5 Å². The van der Waals surface area contributed by atoms with Crippen molar-refractivity contribution in [3.05, 3.63) is 69.7 Å². The topological polar surface area (TPSA) is 100 Å². The van der Waals surface area contributed by atoms with E-state index in [1.54, 1.807) is 24.3 Å². The van der Waals surface area contributed by atoms with Gasteiger partial charge in [-0.05, 0) is 54.7 Å². The molecule has 1 aliphatic rings. The zero-order chi connectivity index (χ0) is 25.4. The van der Waals surface area contributed by atoms with Gasteiger partial charge in [0.25, 0.3) is 5.91 Å². The number of ether oxygens (including phenoxy) is 1. The Balaban J connectivity index is 1.44. The van der Waals surface area contributed by atoms with Crippen LogP contribution in [-0.2, 0) is 24.8 Å². The molecule has 2 aromatic carbocycles. The van der Waals surface area contributed by atoms with Crippen molar-refractivity contribution in [1.82, 2.24) is 5.32 Å². The first kappa shape index (κ1) is 27.2. The van der Waals surface area contributed by atoms with Gasteiger partial charge in [-0.25, -0.2) is 4.57 Å². The Morgan fingerprint density at radius 2 is 1.77 bits per heavy atom. The van der Waals surface area contributed by atoms with Crippen LogP contribution < -0.4 is 14.6 Å². The van der Waals surface area contributed by atoms with E-state index >= 15 is 0 Å². The number of ketones is 1. The number of rotatable bonds is 11. The lowest BCUT2D eigenvalue weighted by Gasteiger charge is -2.22. The maximum atomic E-state index is 12.3. The minimum absolute atomic E-state index is 0.0582. The predicted octanol–water partition coefficient (Wildman–Crippen LogP) is 5.80. The van der Waals surface area contributed by atoms with Gasteiger partial charge in [-0.1, -0.05) is 48.8 Å². The summed E-state index contributed by atoms with van der Waals surface area (Å²) in [6.45, 7) is 6.30. The van der Waals surface area contributed by atoms with Crippen LogP contribution in [0.25, 0.3) is 0 Å². The average Bonchev–Trinajstić information content (AvgIpc) is 2.85. The lowest BCUT2D eigenvalue weighted by Crippen LogP contribution is -2.30. The molecule has 1 aliphatic heterocycles. The summed E-state index contributed by atoms with van der Waals surface area (Å²) in [5.74, 6) is -0.0563. The van der Waals surface area contributed by atoms with E-state index in [4.69, 9.17) is 41.5 Å². The number of hydrogen-bond donors (Lipinski definition) is 1. The Labute approximate surface area is 214 Å². The normalized spacial score (nSPS) is 14.7. The second kappa shape index (κ2) is 12.6. The van der Waals surface area contributed by atoms with Crippen molar-refractivity contribution < 1.29 is 32.5 Å². The third-order valence-electron chi connectivity index (χ3n) is 5.06. The molecule has 1 saturated heterocycles. The predicted molar refractivity (Wildman–Crippen MR) is 134 cm³/mol. The van der Waals surface area contributed by atoms with Crippen molar-refractivity contribution in [2.45, 2.75) is 26.2 Å². The van der Waals surface area contributed by atoms with E-state index in [9.17, 15) is 14.2 Å². The number of nitrogens with one attached hydrogen (secondary N) is 1. The minimum Gasteiger partial charge on any atom is -0.482 e. The van der Waals surface area contributed by atoms with E-state index in [0.717, 1.165) is 5.56 Å². The molecule has 35 heavy (non-hydrogen) atoms. The van der Waals surface area contributed by atoms with Crippen LogP contribution in [0.3, 0.4) is 0 Å². The molecular weight excluding hydrogens is 516 g/mol. The number of amides is 1. The van der Waals surface area contributed by atoms with E-state index < -0.39 is 7.82 Å². The van der Waals surface area contributed by atoms with Crippen LogP contribution in [0, 0.1) is 0 Å². The number of carbonyl (C=O) groups is 2. The molecule has 0 bridgehead atoms. The fourth-order valence-electron chi connectivity index (χ4n) is 3.06. The zero-order valence-electron chi connectivity index (χ0n) is 19.2. The summed E-state index contributed by atoms with van der Waals surface area (Å²) in [6, 6.07) is 9.92. The number of halogens is 2. The number of phosphoric acid groups is 1. The molecule has 1 amide bonds. The first-order valence-electron chi connectivity index (χ1n) is 11.0. The lowest BCUT2D eigenvalue weighted by atomic mass is 10.0. The van der Waals surface area contributed by atoms with E-state index in [0.29, 0.717) is 50.3 Å². The number of Topliss-reactive ketones (excluding diaryl/α,β-unsaturated/α-hetero) is 1.